The number of para-hydroxylation sites is 1. The molecule has 0 saturated heterocycles. The summed E-state index contributed by atoms with van der Waals surface area (Å²) in [4.78, 5) is 12.9. The number of hydrogen-bond acceptors (Lipinski definition) is 5. The first-order valence-electron chi connectivity index (χ1n) is 7.53. The average Bonchev–Trinajstić information content (AvgIpc) is 3.18. The van der Waals surface area contributed by atoms with Crippen LogP contribution in [-0.4, -0.2) is 16.6 Å². The largest absolute Gasteiger partial charge is 0.454 e. The van der Waals surface area contributed by atoms with Gasteiger partial charge in [0.05, 0.1) is 16.8 Å². The summed E-state index contributed by atoms with van der Waals surface area (Å²) < 4.78 is 18.4. The zero-order valence-corrected chi connectivity index (χ0v) is 12.8. The van der Waals surface area contributed by atoms with Crippen LogP contribution in [0.2, 0.25) is 0 Å². The highest BCUT2D eigenvalue weighted by Crippen LogP contribution is 2.36. The summed E-state index contributed by atoms with van der Waals surface area (Å²) in [6, 6.07) is 12.9. The van der Waals surface area contributed by atoms with Crippen LogP contribution in [0.25, 0.3) is 27.8 Å². The van der Waals surface area contributed by atoms with Crippen LogP contribution >= 0.6 is 0 Å². The van der Waals surface area contributed by atoms with Crippen molar-refractivity contribution in [2.75, 3.05) is 6.79 Å². The maximum atomic E-state index is 12.9. The van der Waals surface area contributed by atoms with Crippen molar-refractivity contribution < 1.29 is 13.9 Å². The van der Waals surface area contributed by atoms with Gasteiger partial charge in [-0.3, -0.25) is 4.79 Å². The number of aryl methyl sites for hydroxylation is 1. The summed E-state index contributed by atoms with van der Waals surface area (Å²) in [7, 11) is 0. The normalized spacial score (nSPS) is 13.0. The van der Waals surface area contributed by atoms with E-state index in [2.05, 4.69) is 5.10 Å². The SMILES string of the molecule is Cc1nn(-c2ccccc2)c2oc3cc4c(cc3c(=O)c12)OCO4. The molecule has 1 aliphatic rings. The van der Waals surface area contributed by atoms with Gasteiger partial charge in [0.15, 0.2) is 11.5 Å². The molecule has 4 aromatic rings. The molecule has 2 aromatic heterocycles. The molecule has 6 heteroatoms. The first-order valence-corrected chi connectivity index (χ1v) is 7.53. The van der Waals surface area contributed by atoms with E-state index < -0.39 is 0 Å². The molecule has 0 unspecified atom stereocenters. The third kappa shape index (κ3) is 1.70. The molecule has 24 heavy (non-hydrogen) atoms. The van der Waals surface area contributed by atoms with Crippen molar-refractivity contribution in [1.29, 1.82) is 0 Å². The van der Waals surface area contributed by atoms with E-state index in [0.29, 0.717) is 39.3 Å². The zero-order chi connectivity index (χ0) is 16.3. The van der Waals surface area contributed by atoms with Crippen molar-refractivity contribution in [2.24, 2.45) is 0 Å². The fourth-order valence-corrected chi connectivity index (χ4v) is 3.03. The van der Waals surface area contributed by atoms with Gasteiger partial charge in [-0.1, -0.05) is 18.2 Å². The lowest BCUT2D eigenvalue weighted by Crippen LogP contribution is -2.03. The van der Waals surface area contributed by atoms with Crippen molar-refractivity contribution in [3.05, 3.63) is 58.4 Å². The zero-order valence-electron chi connectivity index (χ0n) is 12.8. The minimum Gasteiger partial charge on any atom is -0.454 e. The standard InChI is InChI=1S/C18H12N2O4/c1-10-16-17(21)12-7-14-15(23-9-22-14)8-13(12)24-18(16)20(19-10)11-5-3-2-4-6-11/h2-8H,9H2,1H3. The number of rotatable bonds is 1. The Bertz CT molecular complexity index is 1160. The Kier molecular flexibility index (Phi) is 2.53. The molecule has 3 heterocycles. The Morgan fingerprint density at radius 1 is 1.08 bits per heavy atom. The predicted molar refractivity (Wildman–Crippen MR) is 88.0 cm³/mol. The second-order valence-electron chi connectivity index (χ2n) is 5.65. The van der Waals surface area contributed by atoms with Crippen LogP contribution in [0.4, 0.5) is 0 Å². The van der Waals surface area contributed by atoms with Gasteiger partial charge < -0.3 is 13.9 Å². The minimum atomic E-state index is -0.121. The van der Waals surface area contributed by atoms with Gasteiger partial charge in [-0.15, -0.1) is 0 Å². The number of hydrogen-bond donors (Lipinski definition) is 0. The molecule has 6 nitrogen and oxygen atoms in total. The first-order chi connectivity index (χ1) is 11.7. The Morgan fingerprint density at radius 3 is 2.62 bits per heavy atom. The molecule has 1 aliphatic heterocycles. The molecule has 2 aromatic carbocycles. The second-order valence-corrected chi connectivity index (χ2v) is 5.65. The predicted octanol–water partition coefficient (Wildman–Crippen LogP) is 3.17. The van der Waals surface area contributed by atoms with E-state index in [4.69, 9.17) is 13.9 Å². The van der Waals surface area contributed by atoms with Gasteiger partial charge in [-0.2, -0.15) is 9.78 Å². The average molecular weight is 320 g/mol. The van der Waals surface area contributed by atoms with Crippen LogP contribution in [0.15, 0.2) is 51.7 Å². The summed E-state index contributed by atoms with van der Waals surface area (Å²) >= 11 is 0. The Morgan fingerprint density at radius 2 is 1.83 bits per heavy atom. The molecule has 0 atom stereocenters. The van der Waals surface area contributed by atoms with Crippen molar-refractivity contribution in [1.82, 2.24) is 9.78 Å². The molecule has 5 rings (SSSR count). The topological polar surface area (TPSA) is 66.5 Å². The molecule has 118 valence electrons. The van der Waals surface area contributed by atoms with Crippen molar-refractivity contribution in [2.45, 2.75) is 6.92 Å². The lowest BCUT2D eigenvalue weighted by molar-refractivity contribution is 0.174. The Labute approximate surface area is 135 Å². The highest BCUT2D eigenvalue weighted by atomic mass is 16.7. The molecule has 0 radical (unpaired) electrons. The van der Waals surface area contributed by atoms with Gasteiger partial charge in [0, 0.05) is 6.07 Å². The molecule has 0 N–H and O–H groups in total. The van der Waals surface area contributed by atoms with Crippen LogP contribution < -0.4 is 14.9 Å². The van der Waals surface area contributed by atoms with E-state index in [0.717, 1.165) is 5.69 Å². The van der Waals surface area contributed by atoms with Crippen LogP contribution in [0.3, 0.4) is 0 Å². The summed E-state index contributed by atoms with van der Waals surface area (Å²) in [6.45, 7) is 1.95. The van der Waals surface area contributed by atoms with E-state index in [1.165, 1.54) is 0 Å². The molecule has 0 spiro atoms. The van der Waals surface area contributed by atoms with E-state index in [9.17, 15) is 4.79 Å². The lowest BCUT2D eigenvalue weighted by Gasteiger charge is -2.04. The van der Waals surface area contributed by atoms with Crippen molar-refractivity contribution in [3.8, 4) is 17.2 Å². The fourth-order valence-electron chi connectivity index (χ4n) is 3.03. The molecule has 0 saturated carbocycles. The smallest absolute Gasteiger partial charge is 0.234 e. The van der Waals surface area contributed by atoms with Crippen LogP contribution in [0, 0.1) is 6.92 Å². The summed E-state index contributed by atoms with van der Waals surface area (Å²) in [6.07, 6.45) is 0. The number of benzene rings is 2. The van der Waals surface area contributed by atoms with E-state index in [1.807, 2.05) is 30.3 Å². The van der Waals surface area contributed by atoms with Crippen LogP contribution in [0.5, 0.6) is 11.5 Å². The highest BCUT2D eigenvalue weighted by Gasteiger charge is 2.21. The third-order valence-corrected chi connectivity index (χ3v) is 4.17. The van der Waals surface area contributed by atoms with Gasteiger partial charge in [-0.05, 0) is 25.1 Å². The molecule has 0 fully saturated rings. The maximum absolute atomic E-state index is 12.9. The first kappa shape index (κ1) is 13.2. The summed E-state index contributed by atoms with van der Waals surface area (Å²) in [5.41, 5.74) is 2.22. The number of fused-ring (bicyclic) bond motifs is 3. The fraction of sp³-hybridized carbons (Fsp3) is 0.111. The monoisotopic (exact) mass is 320 g/mol. The molecular weight excluding hydrogens is 308 g/mol. The number of nitrogens with zero attached hydrogens (tertiary/aromatic N) is 2. The van der Waals surface area contributed by atoms with Crippen molar-refractivity contribution >= 4 is 22.1 Å². The van der Waals surface area contributed by atoms with Gasteiger partial charge in [0.1, 0.15) is 11.0 Å². The van der Waals surface area contributed by atoms with Gasteiger partial charge in [-0.25, -0.2) is 0 Å². The van der Waals surface area contributed by atoms with Crippen LogP contribution in [-0.2, 0) is 0 Å². The Balaban J connectivity index is 1.91. The van der Waals surface area contributed by atoms with Crippen LogP contribution in [0.1, 0.15) is 5.69 Å². The van der Waals surface area contributed by atoms with E-state index >= 15 is 0 Å². The third-order valence-electron chi connectivity index (χ3n) is 4.17. The molecule has 0 amide bonds. The summed E-state index contributed by atoms with van der Waals surface area (Å²) in [5, 5.41) is 5.42. The summed E-state index contributed by atoms with van der Waals surface area (Å²) in [5.74, 6) is 1.13. The maximum Gasteiger partial charge on any atom is 0.234 e. The second kappa shape index (κ2) is 4.61. The Hall–Kier alpha value is -3.28. The van der Waals surface area contributed by atoms with E-state index in [1.54, 1.807) is 23.7 Å². The van der Waals surface area contributed by atoms with Crippen molar-refractivity contribution in [3.63, 3.8) is 0 Å². The quantitative estimate of drug-likeness (QED) is 0.539. The van der Waals surface area contributed by atoms with Gasteiger partial charge in [0.25, 0.3) is 0 Å². The molecule has 0 aliphatic carbocycles. The number of ether oxygens (including phenoxy) is 2. The van der Waals surface area contributed by atoms with E-state index in [-0.39, 0.29) is 12.2 Å². The van der Waals surface area contributed by atoms with Gasteiger partial charge >= 0.3 is 0 Å². The highest BCUT2D eigenvalue weighted by molar-refractivity contribution is 5.92. The molecular formula is C18H12N2O4. The minimum absolute atomic E-state index is 0.121. The number of aromatic nitrogens is 2. The van der Waals surface area contributed by atoms with Gasteiger partial charge in [0.2, 0.25) is 17.9 Å². The lowest BCUT2D eigenvalue weighted by atomic mass is 10.1. The molecule has 0 bridgehead atoms.